The Balaban J connectivity index is 1.80. The largest absolute Gasteiger partial charge is 0.281 e. The minimum absolute atomic E-state index is 0.00300. The zero-order valence-corrected chi connectivity index (χ0v) is 14.4. The van der Waals surface area contributed by atoms with Crippen LogP contribution in [0, 0.1) is 4.77 Å². The first-order valence-electron chi connectivity index (χ1n) is 7.40. The van der Waals surface area contributed by atoms with Crippen molar-refractivity contribution in [3.8, 4) is 0 Å². The number of H-pyrrole nitrogens is 1. The van der Waals surface area contributed by atoms with E-state index in [2.05, 4.69) is 53.3 Å². The number of rotatable bonds is 3. The highest BCUT2D eigenvalue weighted by molar-refractivity contribution is 7.71. The molecule has 3 rings (SSSR count). The normalized spacial score (nSPS) is 20.2. The topological polar surface area (TPSA) is 36.9 Å². The third-order valence-corrected chi connectivity index (χ3v) is 5.23. The highest BCUT2D eigenvalue weighted by Crippen LogP contribution is 2.34. The van der Waals surface area contributed by atoms with Crippen LogP contribution in [0.2, 0.25) is 0 Å². The summed E-state index contributed by atoms with van der Waals surface area (Å²) in [5, 5.41) is 5.54. The van der Waals surface area contributed by atoms with E-state index >= 15 is 0 Å². The van der Waals surface area contributed by atoms with E-state index in [1.54, 1.807) is 0 Å². The number of hydrogen-bond acceptors (Lipinski definition) is 4. The molecule has 0 amide bonds. The van der Waals surface area contributed by atoms with Gasteiger partial charge in [-0.2, -0.15) is 0 Å². The number of aromatic nitrogens is 3. The van der Waals surface area contributed by atoms with Crippen molar-refractivity contribution >= 4 is 23.6 Å². The molecule has 0 radical (unpaired) electrons. The van der Waals surface area contributed by atoms with Crippen molar-refractivity contribution in [1.29, 1.82) is 0 Å². The van der Waals surface area contributed by atoms with E-state index in [9.17, 15) is 0 Å². The molecule has 1 fully saturated rings. The van der Waals surface area contributed by atoms with Gasteiger partial charge in [0, 0.05) is 22.9 Å². The van der Waals surface area contributed by atoms with Crippen molar-refractivity contribution in [3.63, 3.8) is 0 Å². The summed E-state index contributed by atoms with van der Waals surface area (Å²) in [7, 11) is 0. The first-order chi connectivity index (χ1) is 9.95. The molecule has 2 aromatic rings. The fourth-order valence-electron chi connectivity index (χ4n) is 2.77. The molecule has 1 aliphatic heterocycles. The average Bonchev–Trinajstić information content (AvgIpc) is 3.10. The fraction of sp³-hybridized carbons (Fsp3) is 0.600. The second kappa shape index (κ2) is 5.66. The molecule has 1 atom stereocenters. The monoisotopic (exact) mass is 322 g/mol. The maximum Gasteiger partial charge on any atom is 0.217 e. The Morgan fingerprint density at radius 3 is 2.90 bits per heavy atom. The van der Waals surface area contributed by atoms with Gasteiger partial charge in [-0.25, -0.2) is 9.67 Å². The predicted molar refractivity (Wildman–Crippen MR) is 89.1 cm³/mol. The maximum absolute atomic E-state index is 5.41. The molecule has 1 aliphatic rings. The molecule has 1 saturated heterocycles. The van der Waals surface area contributed by atoms with Gasteiger partial charge in [-0.05, 0) is 36.5 Å². The average molecular weight is 323 g/mol. The molecular weight excluding hydrogens is 300 g/mol. The van der Waals surface area contributed by atoms with E-state index in [4.69, 9.17) is 12.2 Å². The summed E-state index contributed by atoms with van der Waals surface area (Å²) in [6, 6.07) is 4.89. The molecule has 0 aliphatic carbocycles. The third-order valence-electron chi connectivity index (χ3n) is 3.95. The molecular formula is C15H22N4S2. The Morgan fingerprint density at radius 2 is 2.29 bits per heavy atom. The zero-order valence-electron chi connectivity index (χ0n) is 12.8. The molecule has 1 N–H and O–H groups in total. The molecule has 3 heterocycles. The van der Waals surface area contributed by atoms with Gasteiger partial charge in [-0.15, -0.1) is 11.3 Å². The van der Waals surface area contributed by atoms with Crippen LogP contribution in [0.3, 0.4) is 0 Å². The quantitative estimate of drug-likeness (QED) is 0.865. The van der Waals surface area contributed by atoms with Gasteiger partial charge >= 0.3 is 0 Å². The number of nitrogens with zero attached hydrogens (tertiary/aromatic N) is 3. The summed E-state index contributed by atoms with van der Waals surface area (Å²) >= 11 is 7.26. The first-order valence-corrected chi connectivity index (χ1v) is 8.69. The minimum atomic E-state index is -0.00300. The Hall–Kier alpha value is -0.980. The molecule has 6 heteroatoms. The van der Waals surface area contributed by atoms with Crippen LogP contribution in [0.4, 0.5) is 0 Å². The van der Waals surface area contributed by atoms with E-state index in [0.717, 1.165) is 19.0 Å². The van der Waals surface area contributed by atoms with E-state index in [1.807, 2.05) is 16.0 Å². The molecule has 0 bridgehead atoms. The molecule has 0 saturated carbocycles. The Kier molecular flexibility index (Phi) is 4.03. The van der Waals surface area contributed by atoms with Gasteiger partial charge in [0.25, 0.3) is 0 Å². The van der Waals surface area contributed by atoms with Crippen molar-refractivity contribution < 1.29 is 0 Å². The van der Waals surface area contributed by atoms with Crippen LogP contribution in [0.15, 0.2) is 17.5 Å². The lowest BCUT2D eigenvalue weighted by Gasteiger charge is -2.23. The number of aromatic amines is 1. The lowest BCUT2D eigenvalue weighted by molar-refractivity contribution is 0.191. The van der Waals surface area contributed by atoms with Gasteiger partial charge in [0.15, 0.2) is 0 Å². The van der Waals surface area contributed by atoms with Crippen molar-refractivity contribution in [2.24, 2.45) is 0 Å². The molecule has 1 unspecified atom stereocenters. The van der Waals surface area contributed by atoms with E-state index < -0.39 is 0 Å². The summed E-state index contributed by atoms with van der Waals surface area (Å²) in [6.07, 6.45) is 2.48. The maximum atomic E-state index is 5.41. The number of thiophene rings is 1. The van der Waals surface area contributed by atoms with Crippen LogP contribution in [0.5, 0.6) is 0 Å². The van der Waals surface area contributed by atoms with Crippen molar-refractivity contribution in [2.45, 2.75) is 51.7 Å². The van der Waals surface area contributed by atoms with Crippen LogP contribution in [-0.4, -0.2) is 26.2 Å². The van der Waals surface area contributed by atoms with Crippen LogP contribution in [0.1, 0.15) is 50.4 Å². The number of nitrogens with one attached hydrogen (secondary N) is 1. The fourth-order valence-corrected chi connectivity index (χ4v) is 3.86. The molecule has 21 heavy (non-hydrogen) atoms. The minimum Gasteiger partial charge on any atom is -0.281 e. The lowest BCUT2D eigenvalue weighted by atomic mass is 9.96. The van der Waals surface area contributed by atoms with Crippen LogP contribution >= 0.6 is 23.6 Å². The second-order valence-electron chi connectivity index (χ2n) is 6.66. The Bertz CT molecular complexity index is 648. The lowest BCUT2D eigenvalue weighted by Crippen LogP contribution is -2.26. The van der Waals surface area contributed by atoms with Crippen molar-refractivity contribution in [1.82, 2.24) is 19.7 Å². The summed E-state index contributed by atoms with van der Waals surface area (Å²) in [6.45, 7) is 8.36. The standard InChI is InChI=1S/C15H22N4S2/c1-15(2,3)13-16-14(20)19(17-13)10-18-8-4-6-11(18)12-7-5-9-21-12/h5,7,9,11H,4,6,8,10H2,1-3H3,(H,16,17,20). The predicted octanol–water partition coefficient (Wildman–Crippen LogP) is 4.09. The highest BCUT2D eigenvalue weighted by atomic mass is 32.1. The van der Waals surface area contributed by atoms with Gasteiger partial charge in [-0.3, -0.25) is 10.00 Å². The summed E-state index contributed by atoms with van der Waals surface area (Å²) in [4.78, 5) is 8.46. The van der Waals surface area contributed by atoms with Crippen LogP contribution < -0.4 is 0 Å². The van der Waals surface area contributed by atoms with Gasteiger partial charge in [-0.1, -0.05) is 26.8 Å². The smallest absolute Gasteiger partial charge is 0.217 e. The van der Waals surface area contributed by atoms with Gasteiger partial charge < -0.3 is 0 Å². The van der Waals surface area contributed by atoms with Gasteiger partial charge in [0.1, 0.15) is 5.82 Å². The summed E-state index contributed by atoms with van der Waals surface area (Å²) < 4.78 is 2.65. The third kappa shape index (κ3) is 3.12. The SMILES string of the molecule is CC(C)(C)c1nc(=S)n(CN2CCCC2c2cccs2)[nH]1. The number of hydrogen-bond donors (Lipinski definition) is 1. The van der Waals surface area contributed by atoms with E-state index in [-0.39, 0.29) is 5.41 Å². The Labute approximate surface area is 134 Å². The second-order valence-corrected chi connectivity index (χ2v) is 8.00. The zero-order chi connectivity index (χ0) is 15.0. The van der Waals surface area contributed by atoms with E-state index in [1.165, 1.54) is 17.7 Å². The molecule has 114 valence electrons. The van der Waals surface area contributed by atoms with Gasteiger partial charge in [0.05, 0.1) is 6.67 Å². The summed E-state index contributed by atoms with van der Waals surface area (Å²) in [5.41, 5.74) is -0.00300. The molecule has 2 aromatic heterocycles. The van der Waals surface area contributed by atoms with Gasteiger partial charge in [0.2, 0.25) is 4.77 Å². The Morgan fingerprint density at radius 1 is 1.48 bits per heavy atom. The molecule has 4 nitrogen and oxygen atoms in total. The highest BCUT2D eigenvalue weighted by Gasteiger charge is 2.27. The molecule has 0 aromatic carbocycles. The van der Waals surface area contributed by atoms with Crippen molar-refractivity contribution in [2.75, 3.05) is 6.54 Å². The van der Waals surface area contributed by atoms with Crippen LogP contribution in [-0.2, 0) is 12.1 Å². The first kappa shape index (κ1) is 14.9. The number of likely N-dealkylation sites (tertiary alicyclic amines) is 1. The summed E-state index contributed by atoms with van der Waals surface area (Å²) in [5.74, 6) is 0.958. The van der Waals surface area contributed by atoms with E-state index in [0.29, 0.717) is 10.8 Å². The molecule has 0 spiro atoms. The van der Waals surface area contributed by atoms with Crippen molar-refractivity contribution in [3.05, 3.63) is 33.0 Å². The van der Waals surface area contributed by atoms with Crippen LogP contribution in [0.25, 0.3) is 0 Å².